The molecule has 0 heterocycles. The highest BCUT2D eigenvalue weighted by Gasteiger charge is 2.14. The predicted octanol–water partition coefficient (Wildman–Crippen LogP) is 1.86. The lowest BCUT2D eigenvalue weighted by atomic mass is 10.1. The van der Waals surface area contributed by atoms with Gasteiger partial charge >= 0.3 is 5.97 Å². The molecule has 2 N–H and O–H groups in total. The molecule has 1 rings (SSSR count). The van der Waals surface area contributed by atoms with Gasteiger partial charge in [-0.2, -0.15) is 0 Å². The molecule has 0 unspecified atom stereocenters. The molecule has 0 aliphatic heterocycles. The van der Waals surface area contributed by atoms with E-state index < -0.39 is 16.0 Å². The van der Waals surface area contributed by atoms with Crippen LogP contribution in [0.15, 0.2) is 18.2 Å². The minimum absolute atomic E-state index is 0.0340. The van der Waals surface area contributed by atoms with E-state index in [4.69, 9.17) is 9.84 Å². The highest BCUT2D eigenvalue weighted by molar-refractivity contribution is 7.92. The number of aromatic carboxylic acids is 1. The zero-order chi connectivity index (χ0) is 15.3. The summed E-state index contributed by atoms with van der Waals surface area (Å²) in [5.41, 5.74) is 0.963. The second kappa shape index (κ2) is 6.71. The summed E-state index contributed by atoms with van der Waals surface area (Å²) in [5.74, 6) is -1.28. The monoisotopic (exact) mass is 301 g/mol. The molecule has 0 saturated carbocycles. The van der Waals surface area contributed by atoms with Gasteiger partial charge in [0.25, 0.3) is 0 Å². The molecule has 0 bridgehead atoms. The zero-order valence-electron chi connectivity index (χ0n) is 11.7. The first kappa shape index (κ1) is 16.5. The largest absolute Gasteiger partial charge is 0.478 e. The Bertz CT molecular complexity index is 580. The Labute approximate surface area is 118 Å². The number of carboxylic acid groups (broad SMARTS) is 1. The number of anilines is 1. The summed E-state index contributed by atoms with van der Waals surface area (Å²) in [6.07, 6.45) is -0.0396. The van der Waals surface area contributed by atoms with E-state index in [0.717, 1.165) is 0 Å². The molecule has 0 aliphatic rings. The minimum Gasteiger partial charge on any atom is -0.478 e. The fraction of sp³-hybridized carbons (Fsp3) is 0.462. The third-order valence-electron chi connectivity index (χ3n) is 2.55. The summed E-state index contributed by atoms with van der Waals surface area (Å²) in [4.78, 5) is 10.9. The Morgan fingerprint density at radius 2 is 2.05 bits per heavy atom. The number of hydrogen-bond acceptors (Lipinski definition) is 4. The Hall–Kier alpha value is -1.60. The van der Waals surface area contributed by atoms with E-state index in [1.165, 1.54) is 12.1 Å². The lowest BCUT2D eigenvalue weighted by Crippen LogP contribution is -2.22. The van der Waals surface area contributed by atoms with E-state index in [2.05, 4.69) is 4.72 Å². The van der Waals surface area contributed by atoms with Crippen LogP contribution in [0.4, 0.5) is 5.69 Å². The van der Waals surface area contributed by atoms with Gasteiger partial charge in [0.05, 0.1) is 29.7 Å². The first-order valence-electron chi connectivity index (χ1n) is 6.17. The number of benzene rings is 1. The van der Waals surface area contributed by atoms with Crippen LogP contribution >= 0.6 is 0 Å². The molecule has 0 aliphatic carbocycles. The lowest BCUT2D eigenvalue weighted by Gasteiger charge is -2.12. The molecule has 0 saturated heterocycles. The van der Waals surface area contributed by atoms with Crippen LogP contribution in [-0.2, 0) is 14.8 Å². The van der Waals surface area contributed by atoms with Crippen LogP contribution < -0.4 is 4.72 Å². The van der Waals surface area contributed by atoms with Gasteiger partial charge in [0.1, 0.15) is 0 Å². The topological polar surface area (TPSA) is 92.7 Å². The van der Waals surface area contributed by atoms with Gasteiger partial charge in [0.2, 0.25) is 10.0 Å². The summed E-state index contributed by atoms with van der Waals surface area (Å²) < 4.78 is 31.3. The van der Waals surface area contributed by atoms with Crippen LogP contribution in [0.3, 0.4) is 0 Å². The summed E-state index contributed by atoms with van der Waals surface area (Å²) in [6, 6.07) is 4.29. The fourth-order valence-electron chi connectivity index (χ4n) is 1.48. The van der Waals surface area contributed by atoms with Gasteiger partial charge in [-0.25, -0.2) is 13.2 Å². The van der Waals surface area contributed by atoms with Crippen LogP contribution in [0.2, 0.25) is 0 Å². The van der Waals surface area contributed by atoms with E-state index in [1.54, 1.807) is 13.0 Å². The van der Waals surface area contributed by atoms with Crippen molar-refractivity contribution in [1.29, 1.82) is 0 Å². The van der Waals surface area contributed by atoms with Crippen molar-refractivity contribution < 1.29 is 23.1 Å². The number of aryl methyl sites for hydroxylation is 1. The normalized spacial score (nSPS) is 11.6. The fourth-order valence-corrected chi connectivity index (χ4v) is 2.45. The molecule has 0 fully saturated rings. The number of nitrogens with one attached hydrogen (secondary N) is 1. The average molecular weight is 301 g/mol. The molecule has 1 aromatic carbocycles. The summed E-state index contributed by atoms with van der Waals surface area (Å²) >= 11 is 0. The van der Waals surface area contributed by atoms with Crippen molar-refractivity contribution in [2.24, 2.45) is 0 Å². The summed E-state index contributed by atoms with van der Waals surface area (Å²) in [5, 5.41) is 8.90. The predicted molar refractivity (Wildman–Crippen MR) is 76.6 cm³/mol. The van der Waals surface area contributed by atoms with Crippen LogP contribution in [0.1, 0.15) is 29.8 Å². The SMILES string of the molecule is Cc1ccc(C(=O)O)cc1NS(=O)(=O)CCOC(C)C. The van der Waals surface area contributed by atoms with Gasteiger partial charge < -0.3 is 9.84 Å². The maximum absolute atomic E-state index is 11.9. The van der Waals surface area contributed by atoms with Crippen LogP contribution in [0, 0.1) is 6.92 Å². The third kappa shape index (κ3) is 5.18. The molecule has 0 radical (unpaired) electrons. The van der Waals surface area contributed by atoms with Crippen molar-refractivity contribution in [3.8, 4) is 0 Å². The van der Waals surface area contributed by atoms with Crippen LogP contribution in [0.25, 0.3) is 0 Å². The number of rotatable bonds is 7. The van der Waals surface area contributed by atoms with Gasteiger partial charge in [0.15, 0.2) is 0 Å². The summed E-state index contributed by atoms with van der Waals surface area (Å²) in [7, 11) is -3.56. The first-order chi connectivity index (χ1) is 9.21. The Morgan fingerprint density at radius 3 is 2.60 bits per heavy atom. The van der Waals surface area contributed by atoms with Crippen molar-refractivity contribution in [2.75, 3.05) is 17.1 Å². The van der Waals surface area contributed by atoms with E-state index in [0.29, 0.717) is 5.56 Å². The molecule has 6 nitrogen and oxygen atoms in total. The molecule has 0 spiro atoms. The van der Waals surface area contributed by atoms with E-state index in [1.807, 2.05) is 13.8 Å². The van der Waals surface area contributed by atoms with E-state index in [9.17, 15) is 13.2 Å². The molecule has 20 heavy (non-hydrogen) atoms. The van der Waals surface area contributed by atoms with Crippen molar-refractivity contribution in [3.05, 3.63) is 29.3 Å². The van der Waals surface area contributed by atoms with Gasteiger partial charge in [-0.15, -0.1) is 0 Å². The maximum Gasteiger partial charge on any atom is 0.335 e. The number of hydrogen-bond donors (Lipinski definition) is 2. The van der Waals surface area contributed by atoms with Gasteiger partial charge in [-0.1, -0.05) is 6.07 Å². The molecule has 1 aromatic rings. The van der Waals surface area contributed by atoms with Crippen molar-refractivity contribution in [2.45, 2.75) is 26.9 Å². The molecular weight excluding hydrogens is 282 g/mol. The smallest absolute Gasteiger partial charge is 0.335 e. The number of ether oxygens (including phenoxy) is 1. The van der Waals surface area contributed by atoms with Crippen LogP contribution in [-0.4, -0.2) is 38.0 Å². The van der Waals surface area contributed by atoms with Gasteiger partial charge in [-0.3, -0.25) is 4.72 Å². The average Bonchev–Trinajstić information content (AvgIpc) is 2.30. The summed E-state index contributed by atoms with van der Waals surface area (Å²) in [6.45, 7) is 5.43. The molecule has 0 amide bonds. The molecule has 7 heteroatoms. The highest BCUT2D eigenvalue weighted by atomic mass is 32.2. The van der Waals surface area contributed by atoms with Crippen molar-refractivity contribution >= 4 is 21.7 Å². The standard InChI is InChI=1S/C13H19NO5S/c1-9(2)19-6-7-20(17,18)14-12-8-11(13(15)16)5-4-10(12)3/h4-5,8-9,14H,6-7H2,1-3H3,(H,15,16). The first-order valence-corrected chi connectivity index (χ1v) is 7.82. The van der Waals surface area contributed by atoms with Crippen LogP contribution in [0.5, 0.6) is 0 Å². The highest BCUT2D eigenvalue weighted by Crippen LogP contribution is 2.18. The Morgan fingerprint density at radius 1 is 1.40 bits per heavy atom. The lowest BCUT2D eigenvalue weighted by molar-refractivity contribution is 0.0696. The Kier molecular flexibility index (Phi) is 5.52. The van der Waals surface area contributed by atoms with Crippen molar-refractivity contribution in [1.82, 2.24) is 0 Å². The number of sulfonamides is 1. The molecule has 0 atom stereocenters. The van der Waals surface area contributed by atoms with E-state index >= 15 is 0 Å². The second-order valence-electron chi connectivity index (χ2n) is 4.68. The number of carbonyl (C=O) groups is 1. The second-order valence-corrected chi connectivity index (χ2v) is 6.52. The number of carboxylic acids is 1. The third-order valence-corrected chi connectivity index (χ3v) is 3.79. The van der Waals surface area contributed by atoms with Gasteiger partial charge in [0, 0.05) is 0 Å². The zero-order valence-corrected chi connectivity index (χ0v) is 12.5. The quantitative estimate of drug-likeness (QED) is 0.802. The minimum atomic E-state index is -3.56. The molecule has 0 aromatic heterocycles. The van der Waals surface area contributed by atoms with Crippen molar-refractivity contribution in [3.63, 3.8) is 0 Å². The Balaban J connectivity index is 2.81. The molecule has 112 valence electrons. The van der Waals surface area contributed by atoms with E-state index in [-0.39, 0.29) is 29.7 Å². The molecular formula is C13H19NO5S. The van der Waals surface area contributed by atoms with Gasteiger partial charge in [-0.05, 0) is 38.5 Å². The maximum atomic E-state index is 11.9.